The van der Waals surface area contributed by atoms with Crippen molar-refractivity contribution >= 4 is 39.6 Å². The Balaban J connectivity index is 0.000000218. The molecule has 4 rings (SSSR count). The molecule has 4 heterocycles. The Morgan fingerprint density at radius 2 is 1.44 bits per heavy atom. The van der Waals surface area contributed by atoms with Crippen LogP contribution in [0.5, 0.6) is 0 Å². The van der Waals surface area contributed by atoms with E-state index in [1.54, 1.807) is 11.8 Å². The highest BCUT2D eigenvalue weighted by atomic mass is 32.2. The summed E-state index contributed by atoms with van der Waals surface area (Å²) >= 11 is 3.22. The number of carbonyl (C=O) groups excluding carboxylic acids is 1. The molecule has 2 saturated heterocycles. The van der Waals surface area contributed by atoms with Crippen LogP contribution in [0.4, 0.5) is 0 Å². The van der Waals surface area contributed by atoms with Crippen molar-refractivity contribution in [2.75, 3.05) is 13.2 Å². The molecular weight excluding hydrogens is 540 g/mol. The Bertz CT molecular complexity index is 928. The van der Waals surface area contributed by atoms with Gasteiger partial charge >= 0.3 is 5.97 Å². The molecule has 0 saturated carbocycles. The van der Waals surface area contributed by atoms with Crippen LogP contribution in [-0.4, -0.2) is 92.0 Å². The van der Waals surface area contributed by atoms with E-state index in [1.165, 1.54) is 23.7 Å². The largest absolute Gasteiger partial charge is 0.463 e. The first-order valence-corrected chi connectivity index (χ1v) is 15.6. The first kappa shape index (κ1) is 32.3. The molecule has 220 valence electrons. The molecule has 4 aliphatic heterocycles. The number of esters is 1. The highest BCUT2D eigenvalue weighted by molar-refractivity contribution is 8.14. The molecule has 11 heteroatoms. The minimum atomic E-state index is -1.07. The van der Waals surface area contributed by atoms with Crippen LogP contribution < -0.4 is 0 Å². The molecule has 0 radical (unpaired) electrons. The summed E-state index contributed by atoms with van der Waals surface area (Å²) in [5.41, 5.74) is -0.210. The maximum absolute atomic E-state index is 11.0. The number of aliphatic hydroxyl groups is 3. The van der Waals surface area contributed by atoms with Gasteiger partial charge in [-0.05, 0) is 51.4 Å². The van der Waals surface area contributed by atoms with Gasteiger partial charge in [0, 0.05) is 6.92 Å². The van der Waals surface area contributed by atoms with Gasteiger partial charge in [0.15, 0.2) is 0 Å². The quantitative estimate of drug-likeness (QED) is 0.274. The van der Waals surface area contributed by atoms with Crippen molar-refractivity contribution in [1.29, 1.82) is 0 Å². The number of thioether (sulfide) groups is 2. The number of rotatable bonds is 9. The zero-order chi connectivity index (χ0) is 28.5. The first-order valence-electron chi connectivity index (χ1n) is 13.8. The maximum atomic E-state index is 11.0. The van der Waals surface area contributed by atoms with Crippen LogP contribution in [0.3, 0.4) is 0 Å². The van der Waals surface area contributed by atoms with Crippen LogP contribution in [0, 0.1) is 11.8 Å². The number of aliphatic hydroxyl groups excluding tert-OH is 3. The smallest absolute Gasteiger partial charge is 0.302 e. The standard InChI is InChI=1S/C16H25NO3S.C12H19NO4S/c1-5-6-7-8-14-17-15-11(3)10(2)13(9-19-12(4)18)20-16(15)21-14;1-2-3-4-5-8-13-9-11(16)10(15)7(6-14)17-12(9)18-8/h5-6,10-11,13,15-16H,7-9H2,1-4H3;2-3,7,9-12,14-16H,4-6H2,1H3/t10-,11-,13+,15+,16+;7-,9-,10-,11-,12-/m01/s1. The van der Waals surface area contributed by atoms with Crippen LogP contribution in [0.25, 0.3) is 0 Å². The fourth-order valence-corrected chi connectivity index (χ4v) is 7.48. The van der Waals surface area contributed by atoms with Gasteiger partial charge in [-0.2, -0.15) is 0 Å². The number of aliphatic imine (C=N–C) groups is 2. The molecule has 9 nitrogen and oxygen atoms in total. The van der Waals surface area contributed by atoms with Crippen molar-refractivity contribution in [2.24, 2.45) is 21.8 Å². The molecular formula is C28H44N2O7S2. The molecule has 2 fully saturated rings. The minimum Gasteiger partial charge on any atom is -0.463 e. The van der Waals surface area contributed by atoms with Gasteiger partial charge in [0.1, 0.15) is 41.8 Å². The van der Waals surface area contributed by atoms with E-state index in [-0.39, 0.29) is 35.6 Å². The molecule has 0 aromatic carbocycles. The summed E-state index contributed by atoms with van der Waals surface area (Å²) in [6.45, 7) is 9.88. The molecule has 10 atom stereocenters. The van der Waals surface area contributed by atoms with E-state index in [1.807, 2.05) is 19.9 Å². The molecule has 0 spiro atoms. The minimum absolute atomic E-state index is 0.0252. The zero-order valence-electron chi connectivity index (χ0n) is 23.5. The van der Waals surface area contributed by atoms with Gasteiger partial charge in [0.2, 0.25) is 0 Å². The Morgan fingerprint density at radius 3 is 1.97 bits per heavy atom. The fraction of sp³-hybridized carbons (Fsp3) is 0.750. The fourth-order valence-electron chi connectivity index (χ4n) is 4.90. The van der Waals surface area contributed by atoms with Crippen LogP contribution in [0.1, 0.15) is 60.3 Å². The highest BCUT2D eigenvalue weighted by Crippen LogP contribution is 2.42. The lowest BCUT2D eigenvalue weighted by atomic mass is 9.83. The predicted octanol–water partition coefficient (Wildman–Crippen LogP) is 3.71. The third-order valence-electron chi connectivity index (χ3n) is 7.45. The van der Waals surface area contributed by atoms with Crippen LogP contribution in [0.15, 0.2) is 34.3 Å². The monoisotopic (exact) mass is 584 g/mol. The third-order valence-corrected chi connectivity index (χ3v) is 9.86. The van der Waals surface area contributed by atoms with Crippen molar-refractivity contribution in [3.05, 3.63) is 24.3 Å². The van der Waals surface area contributed by atoms with E-state index in [2.05, 4.69) is 37.1 Å². The molecule has 0 unspecified atom stereocenters. The lowest BCUT2D eigenvalue weighted by Gasteiger charge is -2.40. The Morgan fingerprint density at radius 1 is 0.897 bits per heavy atom. The summed E-state index contributed by atoms with van der Waals surface area (Å²) < 4.78 is 16.8. The number of carbonyl (C=O) groups is 1. The summed E-state index contributed by atoms with van der Waals surface area (Å²) in [5.74, 6) is 0.531. The van der Waals surface area contributed by atoms with Crippen LogP contribution in [0.2, 0.25) is 0 Å². The van der Waals surface area contributed by atoms with Gasteiger partial charge in [0.25, 0.3) is 0 Å². The summed E-state index contributed by atoms with van der Waals surface area (Å²) in [6, 6.07) is -0.187. The van der Waals surface area contributed by atoms with E-state index in [4.69, 9.17) is 24.3 Å². The van der Waals surface area contributed by atoms with Crippen molar-refractivity contribution in [3.8, 4) is 0 Å². The van der Waals surface area contributed by atoms with Gasteiger partial charge < -0.3 is 29.5 Å². The van der Waals surface area contributed by atoms with E-state index >= 15 is 0 Å². The second-order valence-electron chi connectivity index (χ2n) is 10.2. The Labute approximate surface area is 240 Å². The number of hydrogen-bond acceptors (Lipinski definition) is 11. The predicted molar refractivity (Wildman–Crippen MR) is 157 cm³/mol. The van der Waals surface area contributed by atoms with Crippen molar-refractivity contribution < 1.29 is 34.3 Å². The van der Waals surface area contributed by atoms with E-state index in [0.29, 0.717) is 18.4 Å². The summed E-state index contributed by atoms with van der Waals surface area (Å²) in [6.07, 6.45) is 9.25. The summed E-state index contributed by atoms with van der Waals surface area (Å²) in [4.78, 5) is 20.3. The molecule has 0 aliphatic carbocycles. The zero-order valence-corrected chi connectivity index (χ0v) is 25.1. The molecule has 4 aliphatic rings. The second kappa shape index (κ2) is 15.7. The van der Waals surface area contributed by atoms with Crippen LogP contribution >= 0.6 is 23.5 Å². The van der Waals surface area contributed by atoms with Gasteiger partial charge in [0.05, 0.1) is 28.8 Å². The lowest BCUT2D eigenvalue weighted by Crippen LogP contribution is -2.55. The van der Waals surface area contributed by atoms with Gasteiger partial charge in [-0.3, -0.25) is 14.8 Å². The number of hydrogen-bond donors (Lipinski definition) is 3. The second-order valence-corrected chi connectivity index (χ2v) is 12.6. The number of ether oxygens (including phenoxy) is 3. The van der Waals surface area contributed by atoms with E-state index in [0.717, 1.165) is 30.7 Å². The molecule has 3 N–H and O–H groups in total. The average molecular weight is 585 g/mol. The van der Waals surface area contributed by atoms with Crippen LogP contribution in [-0.2, 0) is 19.0 Å². The normalized spacial score (nSPS) is 37.6. The highest BCUT2D eigenvalue weighted by Gasteiger charge is 2.48. The molecule has 0 bridgehead atoms. The lowest BCUT2D eigenvalue weighted by molar-refractivity contribution is -0.164. The van der Waals surface area contributed by atoms with Crippen molar-refractivity contribution in [2.45, 2.75) is 108 Å². The number of fused-ring (bicyclic) bond motifs is 2. The molecule has 0 aromatic heterocycles. The Kier molecular flexibility index (Phi) is 13.0. The molecule has 39 heavy (non-hydrogen) atoms. The van der Waals surface area contributed by atoms with Gasteiger partial charge in [-0.1, -0.05) is 61.7 Å². The first-order chi connectivity index (χ1) is 18.7. The third kappa shape index (κ3) is 8.64. The Hall–Kier alpha value is -1.21. The summed E-state index contributed by atoms with van der Waals surface area (Å²) in [5, 5.41) is 30.9. The molecule has 0 aromatic rings. The van der Waals surface area contributed by atoms with Crippen molar-refractivity contribution in [3.63, 3.8) is 0 Å². The summed E-state index contributed by atoms with van der Waals surface area (Å²) in [7, 11) is 0. The number of nitrogens with zero attached hydrogens (tertiary/aromatic N) is 2. The maximum Gasteiger partial charge on any atom is 0.302 e. The van der Waals surface area contributed by atoms with E-state index in [9.17, 15) is 15.0 Å². The SMILES string of the molecule is CC=CCCC1=N[C@@H]2[C@@H](C)[C@H](C)[C@@H](COC(C)=O)O[C@@H]2S1.CC=CCCC1=N[C@@H]2[C@@H](O)[C@H](O)[C@@H](CO)O[C@@H]2S1. The van der Waals surface area contributed by atoms with Gasteiger partial charge in [-0.25, -0.2) is 0 Å². The topological polar surface area (TPSA) is 130 Å². The average Bonchev–Trinajstić information content (AvgIpc) is 3.52. The number of allylic oxidation sites excluding steroid dienone is 4. The van der Waals surface area contributed by atoms with Gasteiger partial charge in [-0.15, -0.1) is 0 Å². The van der Waals surface area contributed by atoms with E-state index < -0.39 is 24.4 Å². The molecule has 0 amide bonds. The van der Waals surface area contributed by atoms with Crippen molar-refractivity contribution in [1.82, 2.24) is 0 Å².